The maximum Gasteiger partial charge on any atom is 0.251 e. The molecule has 1 aliphatic heterocycles. The normalized spacial score (nSPS) is 17.8. The maximum atomic E-state index is 12.8. The molecule has 6 nitrogen and oxygen atoms in total. The number of benzene rings is 2. The summed E-state index contributed by atoms with van der Waals surface area (Å²) in [5.41, 5.74) is 3.98. The van der Waals surface area contributed by atoms with Crippen LogP contribution >= 0.6 is 0 Å². The summed E-state index contributed by atoms with van der Waals surface area (Å²) in [7, 11) is -1.91. The Kier molecular flexibility index (Phi) is 6.94. The number of hydrogen-bond acceptors (Lipinski definition) is 4. The fourth-order valence-electron chi connectivity index (χ4n) is 4.03. The minimum atomic E-state index is -3.41. The Morgan fingerprint density at radius 3 is 2.48 bits per heavy atom. The molecule has 1 fully saturated rings. The Morgan fingerprint density at radius 2 is 1.87 bits per heavy atom. The summed E-state index contributed by atoms with van der Waals surface area (Å²) in [6.45, 7) is 8.25. The lowest BCUT2D eigenvalue weighted by Gasteiger charge is -2.33. The van der Waals surface area contributed by atoms with Crippen molar-refractivity contribution in [2.75, 3.05) is 35.6 Å². The van der Waals surface area contributed by atoms with E-state index in [2.05, 4.69) is 41.4 Å². The van der Waals surface area contributed by atoms with Crippen LogP contribution in [-0.2, 0) is 10.0 Å². The molecule has 0 aliphatic carbocycles. The largest absolute Gasteiger partial charge is 0.371 e. The van der Waals surface area contributed by atoms with E-state index in [4.69, 9.17) is 0 Å². The van der Waals surface area contributed by atoms with E-state index >= 15 is 0 Å². The molecule has 31 heavy (non-hydrogen) atoms. The van der Waals surface area contributed by atoms with Crippen molar-refractivity contribution in [2.24, 2.45) is 5.92 Å². The van der Waals surface area contributed by atoms with Crippen LogP contribution in [0.3, 0.4) is 0 Å². The number of aryl methyl sites for hydroxylation is 1. The van der Waals surface area contributed by atoms with E-state index in [-0.39, 0.29) is 11.9 Å². The summed E-state index contributed by atoms with van der Waals surface area (Å²) in [4.78, 5) is 15.3. The van der Waals surface area contributed by atoms with E-state index in [1.807, 2.05) is 13.8 Å². The number of carbonyl (C=O) groups excluding carboxylic acids is 1. The minimum absolute atomic E-state index is 0.167. The molecule has 0 saturated carbocycles. The quantitative estimate of drug-likeness (QED) is 0.729. The second-order valence-electron chi connectivity index (χ2n) is 8.71. The fraction of sp³-hybridized carbons (Fsp3) is 0.458. The van der Waals surface area contributed by atoms with Gasteiger partial charge in [-0.1, -0.05) is 25.1 Å². The van der Waals surface area contributed by atoms with E-state index < -0.39 is 10.0 Å². The van der Waals surface area contributed by atoms with Gasteiger partial charge in [0.25, 0.3) is 5.91 Å². The first-order chi connectivity index (χ1) is 14.6. The molecular formula is C24H33N3O3S. The Labute approximate surface area is 186 Å². The lowest BCUT2D eigenvalue weighted by Crippen LogP contribution is -2.34. The third-order valence-electron chi connectivity index (χ3n) is 6.07. The van der Waals surface area contributed by atoms with Crippen LogP contribution in [0.4, 0.5) is 11.4 Å². The van der Waals surface area contributed by atoms with Gasteiger partial charge < -0.3 is 10.2 Å². The van der Waals surface area contributed by atoms with Crippen LogP contribution in [0.2, 0.25) is 0 Å². The van der Waals surface area contributed by atoms with Crippen molar-refractivity contribution in [3.63, 3.8) is 0 Å². The molecule has 1 heterocycles. The van der Waals surface area contributed by atoms with Gasteiger partial charge in [0.2, 0.25) is 10.0 Å². The number of sulfonamides is 1. The first-order valence-electron chi connectivity index (χ1n) is 10.8. The van der Waals surface area contributed by atoms with Gasteiger partial charge in [0, 0.05) is 31.4 Å². The Balaban J connectivity index is 1.70. The molecule has 0 radical (unpaired) electrons. The summed E-state index contributed by atoms with van der Waals surface area (Å²) in [6.07, 6.45) is 3.66. The summed E-state index contributed by atoms with van der Waals surface area (Å²) in [5.74, 6) is 0.484. The third kappa shape index (κ3) is 5.58. The number of nitrogens with zero attached hydrogens (tertiary/aromatic N) is 2. The monoisotopic (exact) mass is 443 g/mol. The van der Waals surface area contributed by atoms with E-state index in [1.54, 1.807) is 18.2 Å². The van der Waals surface area contributed by atoms with Gasteiger partial charge in [0.1, 0.15) is 0 Å². The predicted octanol–water partition coefficient (Wildman–Crippen LogP) is 4.12. The van der Waals surface area contributed by atoms with E-state index in [9.17, 15) is 13.2 Å². The number of rotatable bonds is 6. The topological polar surface area (TPSA) is 69.7 Å². The highest BCUT2D eigenvalue weighted by atomic mass is 32.2. The number of piperidine rings is 1. The lowest BCUT2D eigenvalue weighted by molar-refractivity contribution is 0.0940. The SMILES string of the molecule is Cc1ccc(C(=O)N[C@@H](C)c2ccc(N3CCC[C@@H](C)C3)cc2)cc1N(C)S(C)(=O)=O. The average molecular weight is 444 g/mol. The number of hydrogen-bond donors (Lipinski definition) is 1. The van der Waals surface area contributed by atoms with Gasteiger partial charge in [-0.3, -0.25) is 9.10 Å². The molecule has 2 atom stereocenters. The van der Waals surface area contributed by atoms with E-state index in [1.165, 1.54) is 29.9 Å². The molecule has 2 aromatic carbocycles. The van der Waals surface area contributed by atoms with Gasteiger partial charge in [-0.05, 0) is 68.0 Å². The van der Waals surface area contributed by atoms with Crippen molar-refractivity contribution in [1.29, 1.82) is 0 Å². The second-order valence-corrected chi connectivity index (χ2v) is 10.7. The highest BCUT2D eigenvalue weighted by molar-refractivity contribution is 7.92. The zero-order valence-electron chi connectivity index (χ0n) is 19.1. The summed E-state index contributed by atoms with van der Waals surface area (Å²) >= 11 is 0. The van der Waals surface area contributed by atoms with Crippen molar-refractivity contribution in [1.82, 2.24) is 5.32 Å². The number of amides is 1. The van der Waals surface area contributed by atoms with Crippen LogP contribution in [-0.4, -0.2) is 40.7 Å². The van der Waals surface area contributed by atoms with Gasteiger partial charge in [-0.2, -0.15) is 0 Å². The van der Waals surface area contributed by atoms with E-state index in [0.717, 1.165) is 30.5 Å². The number of carbonyl (C=O) groups is 1. The van der Waals surface area contributed by atoms with Gasteiger partial charge in [-0.25, -0.2) is 8.42 Å². The van der Waals surface area contributed by atoms with Crippen LogP contribution in [0.25, 0.3) is 0 Å². The molecule has 7 heteroatoms. The lowest BCUT2D eigenvalue weighted by atomic mass is 9.99. The molecule has 0 bridgehead atoms. The molecule has 1 saturated heterocycles. The molecule has 0 spiro atoms. The summed E-state index contributed by atoms with van der Waals surface area (Å²) in [6, 6.07) is 13.3. The highest BCUT2D eigenvalue weighted by Gasteiger charge is 2.19. The van der Waals surface area contributed by atoms with Gasteiger partial charge >= 0.3 is 0 Å². The summed E-state index contributed by atoms with van der Waals surface area (Å²) < 4.78 is 25.0. The van der Waals surface area contributed by atoms with Crippen molar-refractivity contribution in [3.8, 4) is 0 Å². The minimum Gasteiger partial charge on any atom is -0.371 e. The number of anilines is 2. The molecule has 2 aromatic rings. The van der Waals surface area contributed by atoms with Crippen molar-refractivity contribution in [3.05, 3.63) is 59.2 Å². The van der Waals surface area contributed by atoms with Crippen molar-refractivity contribution >= 4 is 27.3 Å². The first-order valence-corrected chi connectivity index (χ1v) is 12.6. The molecule has 1 aliphatic rings. The van der Waals surface area contributed by atoms with Crippen LogP contribution in [0, 0.1) is 12.8 Å². The van der Waals surface area contributed by atoms with E-state index in [0.29, 0.717) is 17.2 Å². The zero-order chi connectivity index (χ0) is 22.8. The maximum absolute atomic E-state index is 12.8. The Bertz CT molecular complexity index is 1030. The average Bonchev–Trinajstić information content (AvgIpc) is 2.73. The molecule has 1 N–H and O–H groups in total. The third-order valence-corrected chi connectivity index (χ3v) is 7.26. The molecule has 1 amide bonds. The first kappa shape index (κ1) is 23.1. The number of nitrogens with one attached hydrogen (secondary N) is 1. The van der Waals surface area contributed by atoms with Crippen LogP contribution in [0.15, 0.2) is 42.5 Å². The fourth-order valence-corrected chi connectivity index (χ4v) is 4.58. The molecule has 0 unspecified atom stereocenters. The smallest absolute Gasteiger partial charge is 0.251 e. The predicted molar refractivity (Wildman–Crippen MR) is 127 cm³/mol. The highest BCUT2D eigenvalue weighted by Crippen LogP contribution is 2.26. The molecule has 168 valence electrons. The molecule has 3 rings (SSSR count). The molecular weight excluding hydrogens is 410 g/mol. The van der Waals surface area contributed by atoms with Crippen molar-refractivity contribution in [2.45, 2.75) is 39.7 Å². The zero-order valence-corrected chi connectivity index (χ0v) is 19.9. The standard InChI is InChI=1S/C24H33N3O3S/c1-17-7-6-14-27(16-17)22-12-10-20(11-13-22)19(3)25-24(28)21-9-8-18(2)23(15-21)26(4)31(5,29)30/h8-13,15,17,19H,6-7,14,16H2,1-5H3,(H,25,28)/t17-,19+/m1/s1. The van der Waals surface area contributed by atoms with Crippen LogP contribution < -0.4 is 14.5 Å². The Hall–Kier alpha value is -2.54. The van der Waals surface area contributed by atoms with Gasteiger partial charge in [-0.15, -0.1) is 0 Å². The Morgan fingerprint density at radius 1 is 1.19 bits per heavy atom. The second kappa shape index (κ2) is 9.30. The van der Waals surface area contributed by atoms with Crippen molar-refractivity contribution < 1.29 is 13.2 Å². The van der Waals surface area contributed by atoms with Crippen LogP contribution in [0.1, 0.15) is 54.2 Å². The summed E-state index contributed by atoms with van der Waals surface area (Å²) in [5, 5.41) is 3.02. The van der Waals surface area contributed by atoms with Gasteiger partial charge in [0.05, 0.1) is 18.0 Å². The molecule has 0 aromatic heterocycles. The van der Waals surface area contributed by atoms with Crippen LogP contribution in [0.5, 0.6) is 0 Å². The van der Waals surface area contributed by atoms with Gasteiger partial charge in [0.15, 0.2) is 0 Å².